The first-order valence-electron chi connectivity index (χ1n) is 12.8. The van der Waals surface area contributed by atoms with Gasteiger partial charge in [0.2, 0.25) is 0 Å². The van der Waals surface area contributed by atoms with Crippen molar-refractivity contribution in [2.24, 2.45) is 0 Å². The molecule has 1 aromatic carbocycles. The van der Waals surface area contributed by atoms with E-state index in [0.717, 1.165) is 48.2 Å². The predicted molar refractivity (Wildman–Crippen MR) is 142 cm³/mol. The Bertz CT molecular complexity index is 1170. The van der Waals surface area contributed by atoms with Gasteiger partial charge in [0.05, 0.1) is 6.61 Å². The number of hydrogen-bond donors (Lipinski definition) is 5. The third kappa shape index (κ3) is 7.03. The van der Waals surface area contributed by atoms with Gasteiger partial charge in [-0.1, -0.05) is 0 Å². The molecule has 1 aromatic heterocycles. The Labute approximate surface area is 217 Å². The number of carbonyl (C=O) groups is 2. The van der Waals surface area contributed by atoms with E-state index in [4.69, 9.17) is 9.84 Å². The van der Waals surface area contributed by atoms with Gasteiger partial charge in [-0.25, -0.2) is 4.79 Å². The summed E-state index contributed by atoms with van der Waals surface area (Å²) >= 11 is 0. The predicted octanol–water partition coefficient (Wildman–Crippen LogP) is 3.01. The summed E-state index contributed by atoms with van der Waals surface area (Å²) in [4.78, 5) is 41.8. The lowest BCUT2D eigenvalue weighted by Gasteiger charge is -2.39. The Kier molecular flexibility index (Phi) is 9.57. The standard InChI is InChI=1S/C27H38N4O6/c1-5-31(20-8-6-19(7-9-20)30-27(35)36)24-14-21(37-11-10-32)13-22(18(24)4)25(33)28-15-23-16(2)12-17(3)29-26(23)34/h12-14,19-20,30,32H,5-11,15H2,1-4H3,(H,28,33)(H,29,34)(H,35,36). The molecule has 202 valence electrons. The van der Waals surface area contributed by atoms with Gasteiger partial charge in [0.15, 0.2) is 0 Å². The highest BCUT2D eigenvalue weighted by Gasteiger charge is 2.28. The minimum absolute atomic E-state index is 0.0532. The van der Waals surface area contributed by atoms with Crippen molar-refractivity contribution in [3.8, 4) is 5.75 Å². The molecule has 0 radical (unpaired) electrons. The van der Waals surface area contributed by atoms with Gasteiger partial charge in [-0.2, -0.15) is 0 Å². The van der Waals surface area contributed by atoms with Crippen molar-refractivity contribution in [2.45, 2.75) is 72.0 Å². The highest BCUT2D eigenvalue weighted by Crippen LogP contribution is 2.34. The molecule has 3 rings (SSSR count). The number of aliphatic hydroxyl groups is 1. The summed E-state index contributed by atoms with van der Waals surface area (Å²) in [7, 11) is 0. The Morgan fingerprint density at radius 2 is 1.84 bits per heavy atom. The minimum Gasteiger partial charge on any atom is -0.491 e. The lowest BCUT2D eigenvalue weighted by atomic mass is 9.89. The molecule has 0 atom stereocenters. The van der Waals surface area contributed by atoms with Gasteiger partial charge in [0.1, 0.15) is 12.4 Å². The second-order valence-corrected chi connectivity index (χ2v) is 9.55. The maximum atomic E-state index is 13.3. The van der Waals surface area contributed by atoms with Crippen LogP contribution in [-0.4, -0.2) is 59.0 Å². The molecule has 1 fully saturated rings. The molecule has 1 aliphatic carbocycles. The van der Waals surface area contributed by atoms with E-state index < -0.39 is 6.09 Å². The van der Waals surface area contributed by atoms with E-state index in [2.05, 4.69) is 27.4 Å². The molecular formula is C27H38N4O6. The number of hydrogen-bond acceptors (Lipinski definition) is 6. The fourth-order valence-corrected chi connectivity index (χ4v) is 5.15. The molecule has 10 heteroatoms. The molecule has 0 saturated heterocycles. The second-order valence-electron chi connectivity index (χ2n) is 9.55. The number of H-pyrrole nitrogens is 1. The Balaban J connectivity index is 1.87. The van der Waals surface area contributed by atoms with E-state index in [0.29, 0.717) is 23.4 Å². The number of aromatic nitrogens is 1. The monoisotopic (exact) mass is 514 g/mol. The summed E-state index contributed by atoms with van der Waals surface area (Å²) in [5.41, 5.74) is 3.94. The number of rotatable bonds is 10. The quantitative estimate of drug-likeness (QED) is 0.328. The van der Waals surface area contributed by atoms with Crippen LogP contribution in [0.2, 0.25) is 0 Å². The van der Waals surface area contributed by atoms with Gasteiger partial charge in [-0.3, -0.25) is 9.59 Å². The van der Waals surface area contributed by atoms with E-state index in [-0.39, 0.29) is 43.3 Å². The molecule has 10 nitrogen and oxygen atoms in total. The van der Waals surface area contributed by atoms with Gasteiger partial charge < -0.3 is 35.5 Å². The molecule has 1 saturated carbocycles. The second kappa shape index (κ2) is 12.6. The minimum atomic E-state index is -1.00. The topological polar surface area (TPSA) is 144 Å². The third-order valence-electron chi connectivity index (χ3n) is 6.99. The van der Waals surface area contributed by atoms with Gasteiger partial charge in [0, 0.05) is 53.7 Å². The average molecular weight is 515 g/mol. The fraction of sp³-hybridized carbons (Fsp3) is 0.519. The normalized spacial score (nSPS) is 17.2. The first kappa shape index (κ1) is 28.0. The van der Waals surface area contributed by atoms with Crippen LogP contribution in [0.4, 0.5) is 10.5 Å². The number of benzene rings is 1. The van der Waals surface area contributed by atoms with Crippen molar-refractivity contribution in [3.63, 3.8) is 0 Å². The molecule has 0 unspecified atom stereocenters. The number of pyridine rings is 1. The van der Waals surface area contributed by atoms with Crippen LogP contribution in [0.5, 0.6) is 5.75 Å². The number of nitrogens with zero attached hydrogens (tertiary/aromatic N) is 1. The fourth-order valence-electron chi connectivity index (χ4n) is 5.15. The van der Waals surface area contributed by atoms with Gasteiger partial charge in [-0.05, 0) is 76.6 Å². The number of amides is 2. The number of aryl methyl sites for hydroxylation is 2. The van der Waals surface area contributed by atoms with Crippen LogP contribution in [0.3, 0.4) is 0 Å². The van der Waals surface area contributed by atoms with Crippen molar-refractivity contribution < 1.29 is 24.5 Å². The maximum absolute atomic E-state index is 13.3. The number of ether oxygens (including phenoxy) is 1. The first-order chi connectivity index (χ1) is 17.6. The summed E-state index contributed by atoms with van der Waals surface area (Å²) < 4.78 is 5.71. The summed E-state index contributed by atoms with van der Waals surface area (Å²) in [6.07, 6.45) is 2.11. The number of carbonyl (C=O) groups excluding carboxylic acids is 1. The van der Waals surface area contributed by atoms with Gasteiger partial charge >= 0.3 is 6.09 Å². The molecule has 2 amide bonds. The molecule has 1 aliphatic rings. The Hall–Kier alpha value is -3.53. The zero-order valence-corrected chi connectivity index (χ0v) is 22.0. The largest absolute Gasteiger partial charge is 0.491 e. The molecule has 0 spiro atoms. The van der Waals surface area contributed by atoms with E-state index in [9.17, 15) is 19.5 Å². The molecule has 0 aliphatic heterocycles. The van der Waals surface area contributed by atoms with E-state index in [1.165, 1.54) is 0 Å². The SMILES string of the molecule is CCN(c1cc(OCCO)cc(C(=O)NCc2c(C)cc(C)[nH]c2=O)c1C)C1CCC(NC(=O)O)CC1. The summed E-state index contributed by atoms with van der Waals surface area (Å²) in [5.74, 6) is 0.154. The van der Waals surface area contributed by atoms with Gasteiger partial charge in [-0.15, -0.1) is 0 Å². The number of carboxylic acid groups (broad SMARTS) is 1. The van der Waals surface area contributed by atoms with Crippen LogP contribution in [0.15, 0.2) is 23.0 Å². The van der Waals surface area contributed by atoms with Crippen LogP contribution in [0.25, 0.3) is 0 Å². The number of aliphatic hydroxyl groups excluding tert-OH is 1. The summed E-state index contributed by atoms with van der Waals surface area (Å²) in [6.45, 7) is 8.33. The molecular weight excluding hydrogens is 476 g/mol. The van der Waals surface area contributed by atoms with E-state index >= 15 is 0 Å². The van der Waals surface area contributed by atoms with Crippen molar-refractivity contribution in [1.29, 1.82) is 0 Å². The first-order valence-corrected chi connectivity index (χ1v) is 12.8. The third-order valence-corrected chi connectivity index (χ3v) is 6.99. The lowest BCUT2D eigenvalue weighted by Crippen LogP contribution is -2.44. The molecule has 2 aromatic rings. The van der Waals surface area contributed by atoms with Crippen LogP contribution in [0.1, 0.15) is 65.3 Å². The van der Waals surface area contributed by atoms with Crippen LogP contribution >= 0.6 is 0 Å². The number of aromatic amines is 1. The molecule has 5 N–H and O–H groups in total. The highest BCUT2D eigenvalue weighted by atomic mass is 16.5. The number of nitrogens with one attached hydrogen (secondary N) is 3. The lowest BCUT2D eigenvalue weighted by molar-refractivity contribution is 0.0949. The molecule has 37 heavy (non-hydrogen) atoms. The smallest absolute Gasteiger partial charge is 0.404 e. The van der Waals surface area contributed by atoms with Crippen LogP contribution < -0.4 is 25.8 Å². The van der Waals surface area contributed by atoms with Crippen molar-refractivity contribution in [3.05, 3.63) is 56.5 Å². The molecule has 0 bridgehead atoms. The van der Waals surface area contributed by atoms with E-state index in [1.807, 2.05) is 32.9 Å². The van der Waals surface area contributed by atoms with Crippen molar-refractivity contribution in [1.82, 2.24) is 15.6 Å². The molecule has 1 heterocycles. The zero-order chi connectivity index (χ0) is 27.1. The van der Waals surface area contributed by atoms with Crippen molar-refractivity contribution >= 4 is 17.7 Å². The van der Waals surface area contributed by atoms with Gasteiger partial charge in [0.25, 0.3) is 11.5 Å². The number of anilines is 1. The zero-order valence-electron chi connectivity index (χ0n) is 22.0. The van der Waals surface area contributed by atoms with Crippen LogP contribution in [0, 0.1) is 20.8 Å². The Morgan fingerprint density at radius 1 is 1.14 bits per heavy atom. The van der Waals surface area contributed by atoms with E-state index in [1.54, 1.807) is 6.07 Å². The highest BCUT2D eigenvalue weighted by molar-refractivity contribution is 5.97. The van der Waals surface area contributed by atoms with Crippen LogP contribution in [-0.2, 0) is 6.54 Å². The maximum Gasteiger partial charge on any atom is 0.404 e. The average Bonchev–Trinajstić information content (AvgIpc) is 2.84. The summed E-state index contributed by atoms with van der Waals surface area (Å²) in [5, 5.41) is 23.8. The summed E-state index contributed by atoms with van der Waals surface area (Å²) in [6, 6.07) is 5.56. The van der Waals surface area contributed by atoms with Crippen molar-refractivity contribution in [2.75, 3.05) is 24.7 Å². The Morgan fingerprint density at radius 3 is 2.43 bits per heavy atom.